The van der Waals surface area contributed by atoms with E-state index < -0.39 is 11.9 Å². The Morgan fingerprint density at radius 2 is 2.32 bits per heavy atom. The first-order valence-electron chi connectivity index (χ1n) is 6.20. The molecule has 1 atom stereocenters. The van der Waals surface area contributed by atoms with Crippen LogP contribution < -0.4 is 11.5 Å². The lowest BCUT2D eigenvalue weighted by atomic mass is 10.1. The molecule has 0 aliphatic carbocycles. The summed E-state index contributed by atoms with van der Waals surface area (Å²) in [7, 11) is 0. The lowest BCUT2D eigenvalue weighted by molar-refractivity contribution is -0.129. The third kappa shape index (κ3) is 3.28. The molecule has 4 N–H and O–H groups in total. The van der Waals surface area contributed by atoms with E-state index in [2.05, 4.69) is 0 Å². The summed E-state index contributed by atoms with van der Waals surface area (Å²) in [6.07, 6.45) is 0. The van der Waals surface area contributed by atoms with E-state index in [-0.39, 0.29) is 12.4 Å². The minimum atomic E-state index is -0.505. The molecule has 1 amide bonds. The van der Waals surface area contributed by atoms with E-state index in [1.807, 2.05) is 4.90 Å². The number of rotatable bonds is 4. The summed E-state index contributed by atoms with van der Waals surface area (Å²) in [4.78, 5) is 13.2. The van der Waals surface area contributed by atoms with Crippen molar-refractivity contribution in [3.05, 3.63) is 35.1 Å². The predicted molar refractivity (Wildman–Crippen MR) is 68.5 cm³/mol. The summed E-state index contributed by atoms with van der Waals surface area (Å²) >= 11 is 0. The van der Waals surface area contributed by atoms with E-state index in [1.54, 1.807) is 12.1 Å². The second kappa shape index (κ2) is 6.10. The zero-order valence-electron chi connectivity index (χ0n) is 10.6. The molecule has 1 fully saturated rings. The Hall–Kier alpha value is -1.50. The number of halogens is 1. The number of hydrogen-bond acceptors (Lipinski definition) is 4. The lowest BCUT2D eigenvalue weighted by Gasteiger charge is -2.33. The van der Waals surface area contributed by atoms with Crippen LogP contribution in [0.5, 0.6) is 0 Å². The summed E-state index contributed by atoms with van der Waals surface area (Å²) < 4.78 is 19.0. The van der Waals surface area contributed by atoms with Crippen molar-refractivity contribution < 1.29 is 13.9 Å². The zero-order chi connectivity index (χ0) is 13.8. The van der Waals surface area contributed by atoms with Gasteiger partial charge in [0.05, 0.1) is 13.2 Å². The van der Waals surface area contributed by atoms with Gasteiger partial charge in [-0.3, -0.25) is 9.69 Å². The molecule has 2 rings (SSSR count). The average molecular weight is 267 g/mol. The minimum Gasteiger partial charge on any atom is -0.378 e. The van der Waals surface area contributed by atoms with Crippen molar-refractivity contribution in [1.82, 2.24) is 4.90 Å². The number of carbonyl (C=O) groups excluding carboxylic acids is 1. The molecule has 5 nitrogen and oxygen atoms in total. The van der Waals surface area contributed by atoms with E-state index in [0.717, 1.165) is 5.56 Å². The quantitative estimate of drug-likeness (QED) is 0.802. The fraction of sp³-hybridized carbons (Fsp3) is 0.462. The Morgan fingerprint density at radius 3 is 3.00 bits per heavy atom. The highest BCUT2D eigenvalue weighted by atomic mass is 19.1. The normalized spacial score (nSPS) is 20.4. The molecule has 6 heteroatoms. The van der Waals surface area contributed by atoms with Gasteiger partial charge in [0.1, 0.15) is 11.9 Å². The molecule has 1 heterocycles. The summed E-state index contributed by atoms with van der Waals surface area (Å²) in [6, 6.07) is 4.28. The number of nitrogens with two attached hydrogens (primary N) is 2. The van der Waals surface area contributed by atoms with Gasteiger partial charge in [-0.05, 0) is 11.6 Å². The fourth-order valence-corrected chi connectivity index (χ4v) is 2.18. The fourth-order valence-electron chi connectivity index (χ4n) is 2.18. The molecule has 0 radical (unpaired) electrons. The number of ether oxygens (including phenoxy) is 1. The molecule has 1 aromatic carbocycles. The van der Waals surface area contributed by atoms with E-state index in [9.17, 15) is 9.18 Å². The molecule has 1 aliphatic heterocycles. The summed E-state index contributed by atoms with van der Waals surface area (Å²) in [5, 5.41) is 0. The molecule has 0 bridgehead atoms. The molecule has 1 saturated heterocycles. The highest BCUT2D eigenvalue weighted by Crippen LogP contribution is 2.16. The number of nitrogens with zero attached hydrogens (tertiary/aromatic N) is 1. The van der Waals surface area contributed by atoms with Crippen LogP contribution in [0.25, 0.3) is 0 Å². The van der Waals surface area contributed by atoms with Crippen LogP contribution in [0.15, 0.2) is 18.2 Å². The van der Waals surface area contributed by atoms with Gasteiger partial charge in [-0.15, -0.1) is 0 Å². The minimum absolute atomic E-state index is 0.257. The van der Waals surface area contributed by atoms with Crippen LogP contribution in [-0.4, -0.2) is 36.6 Å². The number of benzene rings is 1. The maximum atomic E-state index is 13.8. The van der Waals surface area contributed by atoms with Gasteiger partial charge in [-0.25, -0.2) is 4.39 Å². The largest absolute Gasteiger partial charge is 0.378 e. The monoisotopic (exact) mass is 267 g/mol. The zero-order valence-corrected chi connectivity index (χ0v) is 10.6. The molecule has 104 valence electrons. The SMILES string of the molecule is NCc1ccc(F)c(CN2CCOCC2C(N)=O)c1. The molecule has 1 unspecified atom stereocenters. The number of carbonyl (C=O) groups is 1. The van der Waals surface area contributed by atoms with E-state index >= 15 is 0 Å². The van der Waals surface area contributed by atoms with E-state index in [4.69, 9.17) is 16.2 Å². The van der Waals surface area contributed by atoms with Crippen molar-refractivity contribution in [2.24, 2.45) is 11.5 Å². The Labute approximate surface area is 111 Å². The first-order chi connectivity index (χ1) is 9.11. The van der Waals surface area contributed by atoms with Crippen LogP contribution in [0.1, 0.15) is 11.1 Å². The molecule has 19 heavy (non-hydrogen) atoms. The van der Waals surface area contributed by atoms with Gasteiger partial charge in [0, 0.05) is 25.2 Å². The van der Waals surface area contributed by atoms with Crippen LogP contribution in [0.2, 0.25) is 0 Å². The summed E-state index contributed by atoms with van der Waals surface area (Å²) in [6.45, 7) is 2.02. The highest BCUT2D eigenvalue weighted by Gasteiger charge is 2.28. The molecule has 1 aliphatic rings. The van der Waals surface area contributed by atoms with E-state index in [0.29, 0.717) is 31.8 Å². The molecular formula is C13H18FN3O2. The third-order valence-corrected chi connectivity index (χ3v) is 3.29. The van der Waals surface area contributed by atoms with Crippen LogP contribution in [0, 0.1) is 5.82 Å². The predicted octanol–water partition coefficient (Wildman–Crippen LogP) is -0.0295. The number of amides is 1. The average Bonchev–Trinajstić information content (AvgIpc) is 2.41. The van der Waals surface area contributed by atoms with Crippen LogP contribution in [0.4, 0.5) is 4.39 Å². The smallest absolute Gasteiger partial charge is 0.237 e. The number of primary amides is 1. The summed E-state index contributed by atoms with van der Waals surface area (Å²) in [5.41, 5.74) is 12.3. The Morgan fingerprint density at radius 1 is 1.53 bits per heavy atom. The van der Waals surface area contributed by atoms with Crippen LogP contribution >= 0.6 is 0 Å². The van der Waals surface area contributed by atoms with Crippen molar-refractivity contribution in [1.29, 1.82) is 0 Å². The molecule has 0 aromatic heterocycles. The molecule has 1 aromatic rings. The van der Waals surface area contributed by atoms with Gasteiger partial charge in [-0.1, -0.05) is 12.1 Å². The van der Waals surface area contributed by atoms with Crippen molar-refractivity contribution in [2.45, 2.75) is 19.1 Å². The van der Waals surface area contributed by atoms with Gasteiger partial charge in [0.2, 0.25) is 5.91 Å². The van der Waals surface area contributed by atoms with Gasteiger partial charge in [0.15, 0.2) is 0 Å². The second-order valence-corrected chi connectivity index (χ2v) is 4.59. The number of hydrogen-bond donors (Lipinski definition) is 2. The molecule has 0 spiro atoms. The first kappa shape index (κ1) is 13.9. The molecular weight excluding hydrogens is 249 g/mol. The highest BCUT2D eigenvalue weighted by molar-refractivity contribution is 5.80. The topological polar surface area (TPSA) is 81.6 Å². The van der Waals surface area contributed by atoms with Gasteiger partial charge in [-0.2, -0.15) is 0 Å². The second-order valence-electron chi connectivity index (χ2n) is 4.59. The van der Waals surface area contributed by atoms with Crippen LogP contribution in [-0.2, 0) is 22.6 Å². The van der Waals surface area contributed by atoms with Crippen molar-refractivity contribution in [3.8, 4) is 0 Å². The Balaban J connectivity index is 2.16. The Bertz CT molecular complexity index is 467. The van der Waals surface area contributed by atoms with Gasteiger partial charge < -0.3 is 16.2 Å². The summed E-state index contributed by atoms with van der Waals surface area (Å²) in [5.74, 6) is -0.748. The first-order valence-corrected chi connectivity index (χ1v) is 6.20. The van der Waals surface area contributed by atoms with Crippen molar-refractivity contribution in [2.75, 3.05) is 19.8 Å². The van der Waals surface area contributed by atoms with Crippen LogP contribution in [0.3, 0.4) is 0 Å². The third-order valence-electron chi connectivity index (χ3n) is 3.29. The van der Waals surface area contributed by atoms with E-state index in [1.165, 1.54) is 6.07 Å². The lowest BCUT2D eigenvalue weighted by Crippen LogP contribution is -2.51. The molecule has 0 saturated carbocycles. The van der Waals surface area contributed by atoms with Gasteiger partial charge in [0.25, 0.3) is 0 Å². The van der Waals surface area contributed by atoms with Crippen molar-refractivity contribution >= 4 is 5.91 Å². The van der Waals surface area contributed by atoms with Gasteiger partial charge >= 0.3 is 0 Å². The maximum Gasteiger partial charge on any atom is 0.237 e. The number of morpholine rings is 1. The Kier molecular flexibility index (Phi) is 4.47. The maximum absolute atomic E-state index is 13.8. The van der Waals surface area contributed by atoms with Crippen molar-refractivity contribution in [3.63, 3.8) is 0 Å². The standard InChI is InChI=1S/C13H18FN3O2/c14-11-2-1-9(6-15)5-10(11)7-17-3-4-19-8-12(17)13(16)18/h1-2,5,12H,3-4,6-8,15H2,(H2,16,18).